The van der Waals surface area contributed by atoms with Crippen LogP contribution >= 0.6 is 35.0 Å². The highest BCUT2D eigenvalue weighted by Crippen LogP contribution is 2.30. The third-order valence-electron chi connectivity index (χ3n) is 3.14. The van der Waals surface area contributed by atoms with Gasteiger partial charge in [-0.05, 0) is 29.8 Å². The Morgan fingerprint density at radius 1 is 1.26 bits per heavy atom. The minimum absolute atomic E-state index is 0.597. The zero-order valence-corrected chi connectivity index (χ0v) is 14.4. The van der Waals surface area contributed by atoms with Crippen LogP contribution in [0.15, 0.2) is 58.8 Å². The van der Waals surface area contributed by atoms with E-state index in [0.29, 0.717) is 33.9 Å². The lowest BCUT2D eigenvalue weighted by Gasteiger charge is -2.07. The number of hydrogen-bond acceptors (Lipinski definition) is 4. The lowest BCUT2D eigenvalue weighted by Crippen LogP contribution is -2.00. The number of halogens is 2. The monoisotopic (exact) mass is 365 g/mol. The van der Waals surface area contributed by atoms with Crippen molar-refractivity contribution in [3.63, 3.8) is 0 Å². The van der Waals surface area contributed by atoms with Gasteiger partial charge in [0.25, 0.3) is 0 Å². The van der Waals surface area contributed by atoms with Gasteiger partial charge >= 0.3 is 0 Å². The molecule has 0 atom stereocenters. The van der Waals surface area contributed by atoms with Crippen LogP contribution in [0.3, 0.4) is 0 Å². The SMILES string of the molecule is C=CCn1c(SCc2ccc(Cl)cc2Cl)nnc1-c1ccco1. The maximum atomic E-state index is 6.21. The molecule has 0 aliphatic carbocycles. The fraction of sp³-hybridized carbons (Fsp3) is 0.125. The van der Waals surface area contributed by atoms with E-state index in [1.54, 1.807) is 30.2 Å². The number of nitrogens with zero attached hydrogens (tertiary/aromatic N) is 3. The predicted molar refractivity (Wildman–Crippen MR) is 93.9 cm³/mol. The summed E-state index contributed by atoms with van der Waals surface area (Å²) in [5.74, 6) is 2.03. The van der Waals surface area contributed by atoms with Crippen molar-refractivity contribution in [2.75, 3.05) is 0 Å². The molecule has 118 valence electrons. The van der Waals surface area contributed by atoms with Crippen LogP contribution in [0.4, 0.5) is 0 Å². The number of aromatic nitrogens is 3. The fourth-order valence-corrected chi connectivity index (χ4v) is 3.56. The Hall–Kier alpha value is -1.69. The average molecular weight is 366 g/mol. The summed E-state index contributed by atoms with van der Waals surface area (Å²) in [6, 6.07) is 9.16. The maximum absolute atomic E-state index is 6.21. The van der Waals surface area contributed by atoms with E-state index in [2.05, 4.69) is 16.8 Å². The largest absolute Gasteiger partial charge is 0.461 e. The van der Waals surface area contributed by atoms with E-state index in [1.165, 1.54) is 0 Å². The van der Waals surface area contributed by atoms with Crippen LogP contribution in [0.1, 0.15) is 5.56 Å². The van der Waals surface area contributed by atoms with Gasteiger partial charge in [0.2, 0.25) is 5.82 Å². The topological polar surface area (TPSA) is 43.9 Å². The molecule has 0 N–H and O–H groups in total. The number of rotatable bonds is 6. The van der Waals surface area contributed by atoms with Gasteiger partial charge in [-0.25, -0.2) is 0 Å². The lowest BCUT2D eigenvalue weighted by atomic mass is 10.2. The molecule has 3 aromatic rings. The highest BCUT2D eigenvalue weighted by molar-refractivity contribution is 7.98. The van der Waals surface area contributed by atoms with Crippen LogP contribution in [0, 0.1) is 0 Å². The molecule has 0 aliphatic rings. The van der Waals surface area contributed by atoms with Gasteiger partial charge < -0.3 is 4.42 Å². The van der Waals surface area contributed by atoms with E-state index < -0.39 is 0 Å². The zero-order valence-electron chi connectivity index (χ0n) is 12.1. The summed E-state index contributed by atoms with van der Waals surface area (Å²) in [5.41, 5.74) is 0.994. The molecule has 0 aliphatic heterocycles. The van der Waals surface area contributed by atoms with Crippen molar-refractivity contribution in [1.29, 1.82) is 0 Å². The molecule has 7 heteroatoms. The first-order valence-electron chi connectivity index (χ1n) is 6.83. The molecule has 23 heavy (non-hydrogen) atoms. The number of furan rings is 1. The van der Waals surface area contributed by atoms with Crippen molar-refractivity contribution < 1.29 is 4.42 Å². The van der Waals surface area contributed by atoms with Gasteiger partial charge in [0.1, 0.15) is 0 Å². The predicted octanol–water partition coefficient (Wildman–Crippen LogP) is 5.32. The molecule has 0 unspecified atom stereocenters. The molecular formula is C16H13Cl2N3OS. The second-order valence-corrected chi connectivity index (χ2v) is 6.49. The van der Waals surface area contributed by atoms with E-state index in [-0.39, 0.29) is 0 Å². The van der Waals surface area contributed by atoms with Crippen LogP contribution < -0.4 is 0 Å². The van der Waals surface area contributed by atoms with Crippen molar-refractivity contribution in [3.8, 4) is 11.6 Å². The normalized spacial score (nSPS) is 10.9. The Bertz CT molecular complexity index is 815. The van der Waals surface area contributed by atoms with E-state index in [1.807, 2.05) is 28.8 Å². The van der Waals surface area contributed by atoms with Crippen LogP contribution in [-0.2, 0) is 12.3 Å². The van der Waals surface area contributed by atoms with Gasteiger partial charge in [-0.3, -0.25) is 4.57 Å². The summed E-state index contributed by atoms with van der Waals surface area (Å²) in [4.78, 5) is 0. The molecular weight excluding hydrogens is 353 g/mol. The molecule has 0 spiro atoms. The third kappa shape index (κ3) is 3.63. The van der Waals surface area contributed by atoms with Crippen molar-refractivity contribution in [2.24, 2.45) is 0 Å². The average Bonchev–Trinajstić information content (AvgIpc) is 3.16. The van der Waals surface area contributed by atoms with Gasteiger partial charge in [0.05, 0.1) is 6.26 Å². The maximum Gasteiger partial charge on any atom is 0.200 e. The summed E-state index contributed by atoms with van der Waals surface area (Å²) < 4.78 is 7.37. The van der Waals surface area contributed by atoms with Crippen molar-refractivity contribution in [1.82, 2.24) is 14.8 Å². The quantitative estimate of drug-likeness (QED) is 0.437. The molecule has 0 radical (unpaired) electrons. The van der Waals surface area contributed by atoms with Crippen molar-refractivity contribution >= 4 is 35.0 Å². The molecule has 1 aromatic carbocycles. The number of hydrogen-bond donors (Lipinski definition) is 0. The summed E-state index contributed by atoms with van der Waals surface area (Å²) in [7, 11) is 0. The minimum atomic E-state index is 0.597. The Labute approximate surface area is 148 Å². The zero-order chi connectivity index (χ0) is 16.2. The van der Waals surface area contributed by atoms with Gasteiger partial charge in [0.15, 0.2) is 10.9 Å². The van der Waals surface area contributed by atoms with Gasteiger partial charge in [0, 0.05) is 22.3 Å². The Morgan fingerprint density at radius 3 is 2.83 bits per heavy atom. The molecule has 0 saturated carbocycles. The number of thioether (sulfide) groups is 1. The van der Waals surface area contributed by atoms with Gasteiger partial charge in [-0.1, -0.05) is 47.1 Å². The van der Waals surface area contributed by atoms with Gasteiger partial charge in [-0.2, -0.15) is 0 Å². The molecule has 4 nitrogen and oxygen atoms in total. The Balaban J connectivity index is 1.84. The molecule has 2 heterocycles. The number of benzene rings is 1. The van der Waals surface area contributed by atoms with Crippen LogP contribution in [0.2, 0.25) is 10.0 Å². The Kier molecular flexibility index (Phi) is 5.10. The molecule has 0 bridgehead atoms. The van der Waals surface area contributed by atoms with Gasteiger partial charge in [-0.15, -0.1) is 16.8 Å². The summed E-state index contributed by atoms with van der Waals surface area (Å²) >= 11 is 13.7. The van der Waals surface area contributed by atoms with Crippen LogP contribution in [0.25, 0.3) is 11.6 Å². The first kappa shape index (κ1) is 16.2. The number of allylic oxidation sites excluding steroid dienone is 1. The molecule has 3 rings (SSSR count). The van der Waals surface area contributed by atoms with E-state index in [0.717, 1.165) is 10.7 Å². The highest BCUT2D eigenvalue weighted by atomic mass is 35.5. The molecule has 0 fully saturated rings. The standard InChI is InChI=1S/C16H13Cl2N3OS/c1-2-7-21-15(14-4-3-8-22-14)19-20-16(21)23-10-11-5-6-12(17)9-13(11)18/h2-6,8-9H,1,7,10H2. The second-order valence-electron chi connectivity index (χ2n) is 4.71. The van der Waals surface area contributed by atoms with E-state index in [9.17, 15) is 0 Å². The van der Waals surface area contributed by atoms with E-state index in [4.69, 9.17) is 27.6 Å². The van der Waals surface area contributed by atoms with Crippen molar-refractivity contribution in [2.45, 2.75) is 17.5 Å². The summed E-state index contributed by atoms with van der Waals surface area (Å²) in [6.45, 7) is 4.39. The smallest absolute Gasteiger partial charge is 0.200 e. The van der Waals surface area contributed by atoms with Crippen LogP contribution in [0.5, 0.6) is 0 Å². The third-order valence-corrected chi connectivity index (χ3v) is 4.74. The Morgan fingerprint density at radius 2 is 2.13 bits per heavy atom. The summed E-state index contributed by atoms with van der Waals surface area (Å²) in [6.07, 6.45) is 3.41. The first-order chi connectivity index (χ1) is 11.2. The van der Waals surface area contributed by atoms with E-state index >= 15 is 0 Å². The highest BCUT2D eigenvalue weighted by Gasteiger charge is 2.16. The van der Waals surface area contributed by atoms with Crippen molar-refractivity contribution in [3.05, 3.63) is 64.9 Å². The summed E-state index contributed by atoms with van der Waals surface area (Å²) in [5, 5.41) is 10.5. The fourth-order valence-electron chi connectivity index (χ4n) is 2.06. The minimum Gasteiger partial charge on any atom is -0.461 e. The molecule has 2 aromatic heterocycles. The molecule has 0 saturated heterocycles. The lowest BCUT2D eigenvalue weighted by molar-refractivity contribution is 0.569. The molecule has 0 amide bonds. The van der Waals surface area contributed by atoms with Crippen LogP contribution in [-0.4, -0.2) is 14.8 Å². The first-order valence-corrected chi connectivity index (χ1v) is 8.58. The second kappa shape index (κ2) is 7.25.